The van der Waals surface area contributed by atoms with Crippen LogP contribution in [-0.4, -0.2) is 35.4 Å². The average Bonchev–Trinajstić information content (AvgIpc) is 3.18. The lowest BCUT2D eigenvalue weighted by atomic mass is 9.95. The van der Waals surface area contributed by atoms with Crippen molar-refractivity contribution in [3.05, 3.63) is 71.3 Å². The maximum Gasteiger partial charge on any atom is 0.343 e. The highest BCUT2D eigenvalue weighted by Gasteiger charge is 2.25. The van der Waals surface area contributed by atoms with Crippen LogP contribution in [0.2, 0.25) is 0 Å². The summed E-state index contributed by atoms with van der Waals surface area (Å²) < 4.78 is 25.0. The molecule has 2 aromatic carbocycles. The molecule has 0 unspecified atom stereocenters. The van der Waals surface area contributed by atoms with E-state index < -0.39 is 5.97 Å². The molecule has 7 nitrogen and oxygen atoms in total. The standard InChI is InChI=1S/C23H22FN3O4/c1-30-21(28)14-31-18-6-4-5-16(13-18)25-23(29)22-19-7-2-3-8-20(19)27(26-22)17-11-9-15(24)10-12-17/h4-6,9-13H,2-3,7-8,14H2,1H3,(H,25,29). The lowest BCUT2D eigenvalue weighted by molar-refractivity contribution is -0.142. The number of ether oxygens (including phenoxy) is 2. The third-order valence-corrected chi connectivity index (χ3v) is 5.14. The van der Waals surface area contributed by atoms with Crippen molar-refractivity contribution in [3.63, 3.8) is 0 Å². The number of amides is 1. The quantitative estimate of drug-likeness (QED) is 0.612. The number of fused-ring (bicyclic) bond motifs is 1. The molecule has 0 saturated heterocycles. The van der Waals surface area contributed by atoms with Crippen molar-refractivity contribution < 1.29 is 23.5 Å². The minimum Gasteiger partial charge on any atom is -0.482 e. The average molecular weight is 423 g/mol. The van der Waals surface area contributed by atoms with Crippen molar-refractivity contribution in [1.82, 2.24) is 9.78 Å². The van der Waals surface area contributed by atoms with Gasteiger partial charge in [0.05, 0.1) is 12.8 Å². The molecule has 0 saturated carbocycles. The Morgan fingerprint density at radius 1 is 1.13 bits per heavy atom. The summed E-state index contributed by atoms with van der Waals surface area (Å²) in [5.41, 5.74) is 3.51. The van der Waals surface area contributed by atoms with Crippen LogP contribution in [-0.2, 0) is 22.4 Å². The van der Waals surface area contributed by atoms with Gasteiger partial charge in [0, 0.05) is 23.0 Å². The fourth-order valence-electron chi connectivity index (χ4n) is 3.63. The number of nitrogens with one attached hydrogen (secondary N) is 1. The van der Waals surface area contributed by atoms with E-state index in [0.29, 0.717) is 17.1 Å². The van der Waals surface area contributed by atoms with Gasteiger partial charge in [0.2, 0.25) is 0 Å². The van der Waals surface area contributed by atoms with E-state index in [1.165, 1.54) is 19.2 Å². The summed E-state index contributed by atoms with van der Waals surface area (Å²) >= 11 is 0. The lowest BCUT2D eigenvalue weighted by Gasteiger charge is -2.14. The first-order valence-electron chi connectivity index (χ1n) is 10.0. The number of benzene rings is 2. The Morgan fingerprint density at radius 3 is 2.68 bits per heavy atom. The molecule has 0 fully saturated rings. The molecule has 1 aliphatic carbocycles. The summed E-state index contributed by atoms with van der Waals surface area (Å²) in [6, 6.07) is 12.8. The van der Waals surface area contributed by atoms with E-state index in [4.69, 9.17) is 4.74 Å². The molecule has 1 aliphatic rings. The Hall–Kier alpha value is -3.68. The molecular formula is C23H22FN3O4. The van der Waals surface area contributed by atoms with Gasteiger partial charge in [0.15, 0.2) is 12.3 Å². The van der Waals surface area contributed by atoms with Crippen molar-refractivity contribution in [2.45, 2.75) is 25.7 Å². The molecule has 8 heteroatoms. The van der Waals surface area contributed by atoms with Gasteiger partial charge in [-0.05, 0) is 62.1 Å². The topological polar surface area (TPSA) is 82.4 Å². The molecule has 4 rings (SSSR count). The number of anilines is 1. The summed E-state index contributed by atoms with van der Waals surface area (Å²) in [5.74, 6) is -0.712. The van der Waals surface area contributed by atoms with Gasteiger partial charge in [-0.2, -0.15) is 5.10 Å². The van der Waals surface area contributed by atoms with E-state index >= 15 is 0 Å². The number of aromatic nitrogens is 2. The van der Waals surface area contributed by atoms with Crippen LogP contribution < -0.4 is 10.1 Å². The number of methoxy groups -OCH3 is 1. The minimum absolute atomic E-state index is 0.219. The SMILES string of the molecule is COC(=O)COc1cccc(NC(=O)c2nn(-c3ccc(F)cc3)c3c2CCCC3)c1. The molecule has 160 valence electrons. The van der Waals surface area contributed by atoms with Crippen LogP contribution >= 0.6 is 0 Å². The zero-order valence-corrected chi connectivity index (χ0v) is 17.1. The highest BCUT2D eigenvalue weighted by molar-refractivity contribution is 6.04. The predicted octanol–water partition coefficient (Wildman–Crippen LogP) is 3.69. The molecule has 3 aromatic rings. The highest BCUT2D eigenvalue weighted by atomic mass is 19.1. The highest BCUT2D eigenvalue weighted by Crippen LogP contribution is 2.28. The van der Waals surface area contributed by atoms with Crippen LogP contribution in [0.1, 0.15) is 34.6 Å². The van der Waals surface area contributed by atoms with Gasteiger partial charge in [-0.1, -0.05) is 6.07 Å². The summed E-state index contributed by atoms with van der Waals surface area (Å²) in [7, 11) is 1.29. The Labute approximate surface area is 178 Å². The summed E-state index contributed by atoms with van der Waals surface area (Å²) in [4.78, 5) is 24.3. The monoisotopic (exact) mass is 423 g/mol. The second kappa shape index (κ2) is 8.99. The van der Waals surface area contributed by atoms with Crippen LogP contribution in [0.25, 0.3) is 5.69 Å². The fourth-order valence-corrected chi connectivity index (χ4v) is 3.63. The molecule has 31 heavy (non-hydrogen) atoms. The molecule has 0 spiro atoms. The second-order valence-electron chi connectivity index (χ2n) is 7.22. The van der Waals surface area contributed by atoms with Crippen molar-refractivity contribution in [2.75, 3.05) is 19.0 Å². The minimum atomic E-state index is -0.493. The number of carbonyl (C=O) groups is 2. The third-order valence-electron chi connectivity index (χ3n) is 5.14. The van der Waals surface area contributed by atoms with Crippen LogP contribution in [0, 0.1) is 5.82 Å². The normalized spacial score (nSPS) is 12.7. The van der Waals surface area contributed by atoms with E-state index in [-0.39, 0.29) is 18.3 Å². The maximum absolute atomic E-state index is 13.3. The van der Waals surface area contributed by atoms with E-state index in [9.17, 15) is 14.0 Å². The van der Waals surface area contributed by atoms with Crippen LogP contribution in [0.15, 0.2) is 48.5 Å². The number of rotatable bonds is 6. The summed E-state index contributed by atoms with van der Waals surface area (Å²) in [6.07, 6.45) is 3.57. The first-order chi connectivity index (χ1) is 15.0. The number of nitrogens with zero attached hydrogens (tertiary/aromatic N) is 2. The molecule has 1 N–H and O–H groups in total. The summed E-state index contributed by atoms with van der Waals surface area (Å²) in [6.45, 7) is -0.219. The molecule has 0 aliphatic heterocycles. The van der Waals surface area contributed by atoms with Gasteiger partial charge in [-0.3, -0.25) is 4.79 Å². The van der Waals surface area contributed by atoms with Gasteiger partial charge in [-0.25, -0.2) is 13.9 Å². The van der Waals surface area contributed by atoms with Gasteiger partial charge >= 0.3 is 5.97 Å². The van der Waals surface area contributed by atoms with Crippen molar-refractivity contribution in [3.8, 4) is 11.4 Å². The Bertz CT molecular complexity index is 1110. The van der Waals surface area contributed by atoms with E-state index in [2.05, 4.69) is 15.2 Å². The van der Waals surface area contributed by atoms with Crippen molar-refractivity contribution in [2.24, 2.45) is 0 Å². The zero-order valence-electron chi connectivity index (χ0n) is 17.1. The Kier molecular flexibility index (Phi) is 5.97. The number of carbonyl (C=O) groups excluding carboxylic acids is 2. The van der Waals surface area contributed by atoms with Crippen molar-refractivity contribution >= 4 is 17.6 Å². The molecule has 1 amide bonds. The van der Waals surface area contributed by atoms with Crippen LogP contribution in [0.4, 0.5) is 10.1 Å². The number of hydrogen-bond acceptors (Lipinski definition) is 5. The van der Waals surface area contributed by atoms with Crippen LogP contribution in [0.5, 0.6) is 5.75 Å². The first-order valence-corrected chi connectivity index (χ1v) is 10.0. The van der Waals surface area contributed by atoms with E-state index in [0.717, 1.165) is 42.6 Å². The molecule has 0 atom stereocenters. The van der Waals surface area contributed by atoms with Gasteiger partial charge in [0.1, 0.15) is 11.6 Å². The Balaban J connectivity index is 1.58. The maximum atomic E-state index is 13.3. The summed E-state index contributed by atoms with van der Waals surface area (Å²) in [5, 5.41) is 7.42. The molecule has 1 heterocycles. The largest absolute Gasteiger partial charge is 0.482 e. The molecular weight excluding hydrogens is 401 g/mol. The lowest BCUT2D eigenvalue weighted by Crippen LogP contribution is -2.16. The van der Waals surface area contributed by atoms with E-state index in [1.807, 2.05) is 0 Å². The van der Waals surface area contributed by atoms with E-state index in [1.54, 1.807) is 41.1 Å². The first kappa shape index (κ1) is 20.6. The molecule has 0 radical (unpaired) electrons. The van der Waals surface area contributed by atoms with Gasteiger partial charge in [-0.15, -0.1) is 0 Å². The van der Waals surface area contributed by atoms with Crippen molar-refractivity contribution in [1.29, 1.82) is 0 Å². The zero-order chi connectivity index (χ0) is 21.8. The predicted molar refractivity (Wildman–Crippen MR) is 112 cm³/mol. The number of hydrogen-bond donors (Lipinski definition) is 1. The third kappa shape index (κ3) is 4.58. The van der Waals surface area contributed by atoms with Crippen LogP contribution in [0.3, 0.4) is 0 Å². The van der Waals surface area contributed by atoms with Gasteiger partial charge < -0.3 is 14.8 Å². The number of halogens is 1. The molecule has 1 aromatic heterocycles. The molecule has 0 bridgehead atoms. The second-order valence-corrected chi connectivity index (χ2v) is 7.22. The smallest absolute Gasteiger partial charge is 0.343 e. The Morgan fingerprint density at radius 2 is 1.90 bits per heavy atom. The van der Waals surface area contributed by atoms with Gasteiger partial charge in [0.25, 0.3) is 5.91 Å². The number of esters is 1. The fraction of sp³-hybridized carbons (Fsp3) is 0.261.